The zero-order chi connectivity index (χ0) is 19.1. The van der Waals surface area contributed by atoms with Gasteiger partial charge in [-0.25, -0.2) is 4.39 Å². The minimum atomic E-state index is -0.406. The van der Waals surface area contributed by atoms with Gasteiger partial charge in [-0.3, -0.25) is 4.79 Å². The van der Waals surface area contributed by atoms with Gasteiger partial charge in [-0.1, -0.05) is 24.3 Å². The van der Waals surface area contributed by atoms with Crippen LogP contribution in [0, 0.1) is 5.82 Å². The molecule has 0 aliphatic heterocycles. The van der Waals surface area contributed by atoms with E-state index in [1.807, 2.05) is 37.3 Å². The number of hydrogen-bond donors (Lipinski definition) is 1. The van der Waals surface area contributed by atoms with Crippen molar-refractivity contribution in [1.29, 1.82) is 0 Å². The Hall–Kier alpha value is -3.34. The van der Waals surface area contributed by atoms with Gasteiger partial charge < -0.3 is 14.8 Å². The smallest absolute Gasteiger partial charge is 0.255 e. The van der Waals surface area contributed by atoms with Gasteiger partial charge in [0.15, 0.2) is 0 Å². The molecule has 0 bridgehead atoms. The SMILES string of the molecule is CCOc1ccc(C(=O)Nc2cccc(F)c2)cc1COc1ccccc1. The Morgan fingerprint density at radius 1 is 0.963 bits per heavy atom. The van der Waals surface area contributed by atoms with Crippen LogP contribution >= 0.6 is 0 Å². The molecule has 0 spiro atoms. The number of amides is 1. The molecule has 1 N–H and O–H groups in total. The van der Waals surface area contributed by atoms with Crippen LogP contribution in [0.25, 0.3) is 0 Å². The molecule has 0 radical (unpaired) electrons. The molecule has 0 atom stereocenters. The highest BCUT2D eigenvalue weighted by molar-refractivity contribution is 6.04. The Kier molecular flexibility index (Phi) is 6.05. The number of ether oxygens (including phenoxy) is 2. The maximum absolute atomic E-state index is 13.3. The summed E-state index contributed by atoms with van der Waals surface area (Å²) in [6.07, 6.45) is 0. The van der Waals surface area contributed by atoms with Crippen molar-refractivity contribution in [2.75, 3.05) is 11.9 Å². The molecule has 0 aliphatic rings. The lowest BCUT2D eigenvalue weighted by Crippen LogP contribution is -2.13. The molecular formula is C22H20FNO3. The fourth-order valence-corrected chi connectivity index (χ4v) is 2.58. The summed E-state index contributed by atoms with van der Waals surface area (Å²) in [5.41, 5.74) is 1.60. The first kappa shape index (κ1) is 18.5. The standard InChI is InChI=1S/C22H20FNO3/c1-2-26-21-12-11-16(22(25)24-19-8-6-7-18(23)14-19)13-17(21)15-27-20-9-4-3-5-10-20/h3-14H,2,15H2,1H3,(H,24,25). The molecule has 0 aliphatic carbocycles. The van der Waals surface area contributed by atoms with Crippen molar-refractivity contribution in [3.8, 4) is 11.5 Å². The van der Waals surface area contributed by atoms with Crippen molar-refractivity contribution in [2.45, 2.75) is 13.5 Å². The number of hydrogen-bond acceptors (Lipinski definition) is 3. The number of benzene rings is 3. The van der Waals surface area contributed by atoms with E-state index in [1.54, 1.807) is 30.3 Å². The number of anilines is 1. The van der Waals surface area contributed by atoms with Crippen LogP contribution in [0.15, 0.2) is 72.8 Å². The summed E-state index contributed by atoms with van der Waals surface area (Å²) in [6.45, 7) is 2.67. The van der Waals surface area contributed by atoms with E-state index in [0.29, 0.717) is 23.6 Å². The number of carbonyl (C=O) groups is 1. The van der Waals surface area contributed by atoms with Gasteiger partial charge in [0.25, 0.3) is 5.91 Å². The Labute approximate surface area is 157 Å². The fraction of sp³-hybridized carbons (Fsp3) is 0.136. The summed E-state index contributed by atoms with van der Waals surface area (Å²) < 4.78 is 24.7. The number of para-hydroxylation sites is 1. The molecule has 3 aromatic carbocycles. The Morgan fingerprint density at radius 2 is 1.78 bits per heavy atom. The van der Waals surface area contributed by atoms with Gasteiger partial charge in [0, 0.05) is 16.8 Å². The summed E-state index contributed by atoms with van der Waals surface area (Å²) in [6, 6.07) is 20.3. The first-order chi connectivity index (χ1) is 13.2. The summed E-state index contributed by atoms with van der Waals surface area (Å²) in [5, 5.41) is 2.69. The van der Waals surface area contributed by atoms with Gasteiger partial charge in [0.2, 0.25) is 0 Å². The van der Waals surface area contributed by atoms with E-state index in [-0.39, 0.29) is 12.5 Å². The van der Waals surface area contributed by atoms with E-state index < -0.39 is 5.82 Å². The highest BCUT2D eigenvalue weighted by Crippen LogP contribution is 2.23. The lowest BCUT2D eigenvalue weighted by Gasteiger charge is -2.13. The lowest BCUT2D eigenvalue weighted by molar-refractivity contribution is 0.102. The van der Waals surface area contributed by atoms with E-state index in [4.69, 9.17) is 9.47 Å². The molecule has 0 saturated heterocycles. The van der Waals surface area contributed by atoms with E-state index in [9.17, 15) is 9.18 Å². The van der Waals surface area contributed by atoms with Crippen molar-refractivity contribution in [1.82, 2.24) is 0 Å². The zero-order valence-corrected chi connectivity index (χ0v) is 14.9. The molecule has 5 heteroatoms. The highest BCUT2D eigenvalue weighted by Gasteiger charge is 2.12. The highest BCUT2D eigenvalue weighted by atomic mass is 19.1. The molecule has 1 amide bonds. The van der Waals surface area contributed by atoms with Crippen molar-refractivity contribution in [3.63, 3.8) is 0 Å². The average Bonchev–Trinajstić information content (AvgIpc) is 2.68. The molecule has 0 fully saturated rings. The van der Waals surface area contributed by atoms with Gasteiger partial charge in [-0.15, -0.1) is 0 Å². The van der Waals surface area contributed by atoms with Crippen molar-refractivity contribution >= 4 is 11.6 Å². The van der Waals surface area contributed by atoms with E-state index in [2.05, 4.69) is 5.32 Å². The van der Waals surface area contributed by atoms with Gasteiger partial charge in [-0.2, -0.15) is 0 Å². The molecular weight excluding hydrogens is 345 g/mol. The van der Waals surface area contributed by atoms with Gasteiger partial charge in [-0.05, 0) is 55.5 Å². The quantitative estimate of drug-likeness (QED) is 0.637. The molecule has 0 heterocycles. The lowest BCUT2D eigenvalue weighted by atomic mass is 10.1. The predicted molar refractivity (Wildman–Crippen MR) is 103 cm³/mol. The third-order valence-electron chi connectivity index (χ3n) is 3.84. The minimum Gasteiger partial charge on any atom is -0.493 e. The number of nitrogens with one attached hydrogen (secondary N) is 1. The number of rotatable bonds is 7. The summed E-state index contributed by atoms with van der Waals surface area (Å²) in [4.78, 5) is 12.5. The topological polar surface area (TPSA) is 47.6 Å². The third kappa shape index (κ3) is 5.07. The van der Waals surface area contributed by atoms with Gasteiger partial charge >= 0.3 is 0 Å². The molecule has 0 aromatic heterocycles. The first-order valence-corrected chi connectivity index (χ1v) is 8.66. The van der Waals surface area contributed by atoms with Crippen LogP contribution in [0.2, 0.25) is 0 Å². The average molecular weight is 365 g/mol. The largest absolute Gasteiger partial charge is 0.493 e. The zero-order valence-electron chi connectivity index (χ0n) is 14.9. The van der Waals surface area contributed by atoms with Gasteiger partial charge in [0.1, 0.15) is 23.9 Å². The monoisotopic (exact) mass is 365 g/mol. The second-order valence-corrected chi connectivity index (χ2v) is 5.82. The fourth-order valence-electron chi connectivity index (χ4n) is 2.58. The second-order valence-electron chi connectivity index (χ2n) is 5.82. The van der Waals surface area contributed by atoms with Crippen molar-refractivity contribution in [3.05, 3.63) is 89.7 Å². The maximum Gasteiger partial charge on any atom is 0.255 e. The summed E-state index contributed by atoms with van der Waals surface area (Å²) in [7, 11) is 0. The van der Waals surface area contributed by atoms with E-state index >= 15 is 0 Å². The summed E-state index contributed by atoms with van der Waals surface area (Å²) >= 11 is 0. The molecule has 138 valence electrons. The van der Waals surface area contributed by atoms with Crippen LogP contribution in [0.5, 0.6) is 11.5 Å². The van der Waals surface area contributed by atoms with E-state index in [1.165, 1.54) is 12.1 Å². The van der Waals surface area contributed by atoms with E-state index in [0.717, 1.165) is 11.3 Å². The Balaban J connectivity index is 1.78. The maximum atomic E-state index is 13.3. The first-order valence-electron chi connectivity index (χ1n) is 8.66. The van der Waals surface area contributed by atoms with Crippen LogP contribution < -0.4 is 14.8 Å². The van der Waals surface area contributed by atoms with Crippen molar-refractivity contribution < 1.29 is 18.7 Å². The number of carbonyl (C=O) groups excluding carboxylic acids is 1. The Bertz CT molecular complexity index is 912. The second kappa shape index (κ2) is 8.85. The van der Waals surface area contributed by atoms with Crippen LogP contribution in [0.4, 0.5) is 10.1 Å². The third-order valence-corrected chi connectivity index (χ3v) is 3.84. The van der Waals surface area contributed by atoms with Crippen LogP contribution in [-0.2, 0) is 6.61 Å². The minimum absolute atomic E-state index is 0.264. The van der Waals surface area contributed by atoms with Crippen LogP contribution in [0.3, 0.4) is 0 Å². The molecule has 0 unspecified atom stereocenters. The molecule has 4 nitrogen and oxygen atoms in total. The normalized spacial score (nSPS) is 10.3. The van der Waals surface area contributed by atoms with Crippen LogP contribution in [-0.4, -0.2) is 12.5 Å². The van der Waals surface area contributed by atoms with Gasteiger partial charge in [0.05, 0.1) is 6.61 Å². The molecule has 0 saturated carbocycles. The van der Waals surface area contributed by atoms with Crippen LogP contribution in [0.1, 0.15) is 22.8 Å². The predicted octanol–water partition coefficient (Wildman–Crippen LogP) is 5.06. The molecule has 3 aromatic rings. The Morgan fingerprint density at radius 3 is 2.52 bits per heavy atom. The molecule has 27 heavy (non-hydrogen) atoms. The molecule has 3 rings (SSSR count). The number of halogens is 1. The van der Waals surface area contributed by atoms with Crippen molar-refractivity contribution in [2.24, 2.45) is 0 Å². The summed E-state index contributed by atoms with van der Waals surface area (Å²) in [5.74, 6) is 0.659.